The second kappa shape index (κ2) is 11.5. The zero-order valence-corrected chi connectivity index (χ0v) is 21.5. The maximum atomic E-state index is 12.4. The van der Waals surface area contributed by atoms with E-state index in [-0.39, 0.29) is 16.5 Å². The minimum absolute atomic E-state index is 0.0633. The largest absolute Gasteiger partial charge is 0.573 e. The van der Waals surface area contributed by atoms with Crippen LogP contribution in [-0.2, 0) is 10.0 Å². The van der Waals surface area contributed by atoms with Crippen LogP contribution in [0.15, 0.2) is 90.0 Å². The number of benzene rings is 3. The van der Waals surface area contributed by atoms with E-state index in [9.17, 15) is 26.4 Å². The molecular weight excluding hydrogens is 551 g/mol. The Morgan fingerprint density at radius 1 is 0.925 bits per heavy atom. The summed E-state index contributed by atoms with van der Waals surface area (Å²) < 4.78 is 64.0. The molecule has 15 heteroatoms. The van der Waals surface area contributed by atoms with E-state index in [2.05, 4.69) is 30.7 Å². The van der Waals surface area contributed by atoms with E-state index in [0.717, 1.165) is 12.1 Å². The van der Waals surface area contributed by atoms with Gasteiger partial charge in [0.05, 0.1) is 4.90 Å². The van der Waals surface area contributed by atoms with Crippen LogP contribution in [0.2, 0.25) is 0 Å². The van der Waals surface area contributed by atoms with Crippen molar-refractivity contribution in [3.05, 3.63) is 85.1 Å². The van der Waals surface area contributed by atoms with Crippen LogP contribution in [0.3, 0.4) is 0 Å². The molecule has 0 saturated carbocycles. The smallest absolute Gasteiger partial charge is 0.406 e. The van der Waals surface area contributed by atoms with Crippen molar-refractivity contribution in [3.8, 4) is 5.75 Å². The van der Waals surface area contributed by atoms with Gasteiger partial charge in [-0.25, -0.2) is 23.3 Å². The van der Waals surface area contributed by atoms with Gasteiger partial charge in [0.15, 0.2) is 0 Å². The topological polar surface area (TPSA) is 152 Å². The maximum Gasteiger partial charge on any atom is 0.573 e. The van der Waals surface area contributed by atoms with Gasteiger partial charge in [-0.2, -0.15) is 4.98 Å². The Morgan fingerprint density at radius 2 is 1.60 bits per heavy atom. The van der Waals surface area contributed by atoms with Crippen LogP contribution >= 0.6 is 0 Å². The Bertz CT molecular complexity index is 1620. The highest BCUT2D eigenvalue weighted by atomic mass is 32.2. The third-order valence-electron chi connectivity index (χ3n) is 5.24. The highest BCUT2D eigenvalue weighted by molar-refractivity contribution is 7.89. The van der Waals surface area contributed by atoms with Gasteiger partial charge in [-0.3, -0.25) is 0 Å². The summed E-state index contributed by atoms with van der Waals surface area (Å²) >= 11 is 0. The first-order chi connectivity index (χ1) is 18.9. The quantitative estimate of drug-likeness (QED) is 0.225. The van der Waals surface area contributed by atoms with Gasteiger partial charge in [0, 0.05) is 36.0 Å². The molecule has 0 aliphatic heterocycles. The number of nitrogens with two attached hydrogens (primary N) is 1. The van der Waals surface area contributed by atoms with Crippen LogP contribution in [0.4, 0.5) is 52.5 Å². The number of amides is 2. The predicted octanol–water partition coefficient (Wildman–Crippen LogP) is 5.18. The van der Waals surface area contributed by atoms with Gasteiger partial charge in [0.2, 0.25) is 16.0 Å². The molecule has 3 aromatic carbocycles. The molecule has 4 rings (SSSR count). The fraction of sp³-hybridized carbons (Fsp3) is 0.0800. The highest BCUT2D eigenvalue weighted by Gasteiger charge is 2.31. The Balaban J connectivity index is 1.42. The lowest BCUT2D eigenvalue weighted by Crippen LogP contribution is -2.20. The normalized spacial score (nSPS) is 11.4. The number of halogens is 3. The van der Waals surface area contributed by atoms with E-state index in [4.69, 9.17) is 5.14 Å². The number of urea groups is 1. The molecule has 0 fully saturated rings. The number of rotatable bonds is 8. The molecule has 208 valence electrons. The lowest BCUT2D eigenvalue weighted by Gasteiger charge is -2.20. The zero-order valence-electron chi connectivity index (χ0n) is 20.7. The fourth-order valence-electron chi connectivity index (χ4n) is 3.43. The summed E-state index contributed by atoms with van der Waals surface area (Å²) in [6.07, 6.45) is -3.29. The van der Waals surface area contributed by atoms with Crippen LogP contribution in [0, 0.1) is 0 Å². The lowest BCUT2D eigenvalue weighted by molar-refractivity contribution is -0.274. The fourth-order valence-corrected chi connectivity index (χ4v) is 3.99. The number of primary sulfonamides is 1. The lowest BCUT2D eigenvalue weighted by atomic mass is 10.2. The van der Waals surface area contributed by atoms with Crippen molar-refractivity contribution in [2.45, 2.75) is 11.3 Å². The summed E-state index contributed by atoms with van der Waals surface area (Å²) in [6, 6.07) is 18.5. The van der Waals surface area contributed by atoms with E-state index in [0.29, 0.717) is 22.9 Å². The Kier molecular flexibility index (Phi) is 8.06. The average molecular weight is 574 g/mol. The molecule has 11 nitrogen and oxygen atoms in total. The molecule has 0 unspecified atom stereocenters. The standard InChI is InChI=1S/C25H22F3N7O4S/c1-35(22-12-13-30-23(34-22)31-18-5-3-7-21(15-18)40(29,37)38)19-6-2-4-17(14-19)33-24(36)32-16-8-10-20(11-9-16)39-25(26,27)28/h2-15H,1H3,(H2,29,37,38)(H,30,31,34)(H2,32,33,36). The number of hydrogen-bond donors (Lipinski definition) is 4. The number of carbonyl (C=O) groups is 1. The summed E-state index contributed by atoms with van der Waals surface area (Å²) in [5, 5.41) is 13.3. The average Bonchev–Trinajstić information content (AvgIpc) is 2.88. The molecule has 0 aliphatic rings. The molecule has 0 spiro atoms. The Morgan fingerprint density at radius 3 is 2.30 bits per heavy atom. The molecule has 2 amide bonds. The van der Waals surface area contributed by atoms with Crippen molar-refractivity contribution in [2.24, 2.45) is 5.14 Å². The van der Waals surface area contributed by atoms with Gasteiger partial charge < -0.3 is 25.6 Å². The zero-order chi connectivity index (χ0) is 28.9. The molecular formula is C25H22F3N7O4S. The number of anilines is 6. The first-order valence-electron chi connectivity index (χ1n) is 11.4. The second-order valence-corrected chi connectivity index (χ2v) is 9.76. The molecule has 4 aromatic rings. The summed E-state index contributed by atoms with van der Waals surface area (Å²) in [6.45, 7) is 0. The van der Waals surface area contributed by atoms with Crippen molar-refractivity contribution in [1.29, 1.82) is 0 Å². The third kappa shape index (κ3) is 7.81. The third-order valence-corrected chi connectivity index (χ3v) is 6.15. The van der Waals surface area contributed by atoms with Crippen LogP contribution in [-0.4, -0.2) is 37.8 Å². The number of sulfonamides is 1. The second-order valence-electron chi connectivity index (χ2n) is 8.20. The van der Waals surface area contributed by atoms with Crippen LogP contribution < -0.4 is 30.7 Å². The van der Waals surface area contributed by atoms with Gasteiger partial charge in [-0.15, -0.1) is 13.2 Å². The first kappa shape index (κ1) is 28.1. The summed E-state index contributed by atoms with van der Waals surface area (Å²) in [5.41, 5.74) is 1.78. The summed E-state index contributed by atoms with van der Waals surface area (Å²) in [4.78, 5) is 22.7. The number of aromatic nitrogens is 2. The van der Waals surface area contributed by atoms with Crippen LogP contribution in [0.1, 0.15) is 0 Å². The van der Waals surface area contributed by atoms with Gasteiger partial charge in [0.25, 0.3) is 0 Å². The monoisotopic (exact) mass is 573 g/mol. The van der Waals surface area contributed by atoms with Gasteiger partial charge >= 0.3 is 12.4 Å². The molecule has 0 atom stereocenters. The number of ether oxygens (including phenoxy) is 1. The molecule has 0 aliphatic carbocycles. The molecule has 1 aromatic heterocycles. The van der Waals surface area contributed by atoms with E-state index in [1.165, 1.54) is 36.5 Å². The number of carbonyl (C=O) groups excluding carboxylic acids is 1. The summed E-state index contributed by atoms with van der Waals surface area (Å²) in [7, 11) is -2.13. The number of nitrogens with zero attached hydrogens (tertiary/aromatic N) is 3. The van der Waals surface area contributed by atoms with Gasteiger partial charge in [-0.05, 0) is 66.7 Å². The van der Waals surface area contributed by atoms with Gasteiger partial charge in [-0.1, -0.05) is 12.1 Å². The number of nitrogens with one attached hydrogen (secondary N) is 3. The van der Waals surface area contributed by atoms with Crippen LogP contribution in [0.25, 0.3) is 0 Å². The molecule has 5 N–H and O–H groups in total. The van der Waals surface area contributed by atoms with E-state index in [1.54, 1.807) is 48.3 Å². The van der Waals surface area contributed by atoms with E-state index >= 15 is 0 Å². The highest BCUT2D eigenvalue weighted by Crippen LogP contribution is 2.27. The van der Waals surface area contributed by atoms with Crippen molar-refractivity contribution >= 4 is 50.6 Å². The molecule has 1 heterocycles. The van der Waals surface area contributed by atoms with Gasteiger partial charge in [0.1, 0.15) is 11.6 Å². The summed E-state index contributed by atoms with van der Waals surface area (Å²) in [5.74, 6) is 0.286. The first-order valence-corrected chi connectivity index (χ1v) is 12.9. The SMILES string of the molecule is CN(c1cccc(NC(=O)Nc2ccc(OC(F)(F)F)cc2)c1)c1ccnc(Nc2cccc(S(N)(=O)=O)c2)n1. The van der Waals surface area contributed by atoms with Crippen molar-refractivity contribution in [2.75, 3.05) is 27.9 Å². The predicted molar refractivity (Wildman–Crippen MR) is 143 cm³/mol. The van der Waals surface area contributed by atoms with Crippen LogP contribution in [0.5, 0.6) is 5.75 Å². The Labute approximate surface area is 226 Å². The number of alkyl halides is 3. The Hall–Kier alpha value is -4.89. The molecule has 0 saturated heterocycles. The molecule has 40 heavy (non-hydrogen) atoms. The van der Waals surface area contributed by atoms with E-state index < -0.39 is 28.2 Å². The molecule has 0 radical (unpaired) electrons. The minimum Gasteiger partial charge on any atom is -0.406 e. The van der Waals surface area contributed by atoms with Crippen molar-refractivity contribution in [3.63, 3.8) is 0 Å². The number of hydrogen-bond acceptors (Lipinski definition) is 8. The van der Waals surface area contributed by atoms with E-state index in [1.807, 2.05) is 0 Å². The maximum absolute atomic E-state index is 12.4. The molecule has 0 bridgehead atoms. The van der Waals surface area contributed by atoms with Crippen molar-refractivity contribution < 1.29 is 31.1 Å². The van der Waals surface area contributed by atoms with Crippen molar-refractivity contribution in [1.82, 2.24) is 9.97 Å². The minimum atomic E-state index is -4.81.